The zero-order valence-corrected chi connectivity index (χ0v) is 23.9. The predicted molar refractivity (Wildman–Crippen MR) is 150 cm³/mol. The maximum atomic E-state index is 14.9. The van der Waals surface area contributed by atoms with Crippen LogP contribution in [0.2, 0.25) is 0 Å². The Labute approximate surface area is 245 Å². The molecule has 5 rings (SSSR count). The van der Waals surface area contributed by atoms with Gasteiger partial charge in [-0.3, -0.25) is 19.4 Å². The molecule has 0 spiro atoms. The third kappa shape index (κ3) is 7.95. The fraction of sp³-hybridized carbons (Fsp3) is 0.414. The van der Waals surface area contributed by atoms with E-state index in [0.29, 0.717) is 35.2 Å². The minimum Gasteiger partial charge on any atom is -0.490 e. The van der Waals surface area contributed by atoms with E-state index in [-0.39, 0.29) is 48.5 Å². The average molecular weight is 602 g/mol. The Morgan fingerprint density at radius 1 is 1.05 bits per heavy atom. The summed E-state index contributed by atoms with van der Waals surface area (Å²) < 4.78 is 66.6. The van der Waals surface area contributed by atoms with Gasteiger partial charge in [-0.1, -0.05) is 0 Å². The number of amides is 1. The highest BCUT2D eigenvalue weighted by Crippen LogP contribution is 2.31. The first kappa shape index (κ1) is 30.1. The highest BCUT2D eigenvalue weighted by Gasteiger charge is 2.33. The number of hydrogen-bond donors (Lipinski definition) is 1. The number of alkyl halides is 3. The quantitative estimate of drug-likeness (QED) is 0.264. The monoisotopic (exact) mass is 601 g/mol. The molecule has 10 nitrogen and oxygen atoms in total. The molecular weight excluding hydrogens is 570 g/mol. The van der Waals surface area contributed by atoms with Crippen molar-refractivity contribution in [3.05, 3.63) is 60.7 Å². The fourth-order valence-corrected chi connectivity index (χ4v) is 4.66. The summed E-state index contributed by atoms with van der Waals surface area (Å²) in [6.07, 6.45) is 1.97. The van der Waals surface area contributed by atoms with Gasteiger partial charge in [0, 0.05) is 25.4 Å². The maximum Gasteiger partial charge on any atom is 0.401 e. The predicted octanol–water partition coefficient (Wildman–Crippen LogP) is 5.49. The molecule has 1 aliphatic heterocycles. The lowest BCUT2D eigenvalue weighted by molar-refractivity contribution is -0.149. The third-order valence-electron chi connectivity index (χ3n) is 6.80. The van der Waals surface area contributed by atoms with E-state index in [2.05, 4.69) is 25.4 Å². The Morgan fingerprint density at radius 2 is 1.81 bits per heavy atom. The third-order valence-corrected chi connectivity index (χ3v) is 6.80. The highest BCUT2D eigenvalue weighted by atomic mass is 19.4. The zero-order valence-electron chi connectivity index (χ0n) is 23.9. The van der Waals surface area contributed by atoms with Crippen molar-refractivity contribution in [1.82, 2.24) is 29.6 Å². The number of rotatable bonds is 8. The van der Waals surface area contributed by atoms with E-state index in [1.807, 2.05) is 20.8 Å². The van der Waals surface area contributed by atoms with Gasteiger partial charge >= 0.3 is 6.18 Å². The molecule has 0 bridgehead atoms. The fourth-order valence-electron chi connectivity index (χ4n) is 4.66. The lowest BCUT2D eigenvalue weighted by Crippen LogP contribution is -2.42. The van der Waals surface area contributed by atoms with E-state index in [9.17, 15) is 22.4 Å². The van der Waals surface area contributed by atoms with Crippen LogP contribution in [0.1, 0.15) is 39.3 Å². The average Bonchev–Trinajstić information content (AvgIpc) is 3.40. The molecule has 0 aliphatic carbocycles. The minimum absolute atomic E-state index is 0.0578. The number of likely N-dealkylation sites (tertiary alicyclic amines) is 1. The highest BCUT2D eigenvalue weighted by molar-refractivity contribution is 5.91. The second-order valence-electron chi connectivity index (χ2n) is 11.3. The lowest BCUT2D eigenvalue weighted by atomic mass is 10.1. The Hall–Kier alpha value is -4.33. The van der Waals surface area contributed by atoms with Gasteiger partial charge in [-0.15, -0.1) is 0 Å². The van der Waals surface area contributed by atoms with Gasteiger partial charge in [0.1, 0.15) is 24.0 Å². The van der Waals surface area contributed by atoms with Crippen molar-refractivity contribution in [3.8, 4) is 17.4 Å². The molecule has 1 N–H and O–H groups in total. The van der Waals surface area contributed by atoms with Crippen molar-refractivity contribution >= 4 is 22.5 Å². The van der Waals surface area contributed by atoms with E-state index in [0.717, 1.165) is 6.07 Å². The summed E-state index contributed by atoms with van der Waals surface area (Å²) in [6.45, 7) is 5.57. The molecule has 43 heavy (non-hydrogen) atoms. The Balaban J connectivity index is 1.22. The number of pyridine rings is 1. The first-order valence-electron chi connectivity index (χ1n) is 13.7. The Morgan fingerprint density at radius 3 is 2.49 bits per heavy atom. The van der Waals surface area contributed by atoms with Gasteiger partial charge in [0.05, 0.1) is 53.2 Å². The SMILES string of the molecule is CC(C)(C)n1cc(NC(=O)Cc2ncc(Oc3ncnc4ccc(OC5CCN(CC(F)(F)F)CC5)cc34)cc2F)cn1. The van der Waals surface area contributed by atoms with Gasteiger partial charge in [0.15, 0.2) is 5.75 Å². The molecule has 0 radical (unpaired) electrons. The molecule has 14 heteroatoms. The maximum absolute atomic E-state index is 14.9. The molecule has 3 aromatic heterocycles. The number of fused-ring (bicyclic) bond motifs is 1. The zero-order chi connectivity index (χ0) is 30.8. The summed E-state index contributed by atoms with van der Waals surface area (Å²) >= 11 is 0. The molecule has 228 valence electrons. The molecule has 1 amide bonds. The summed E-state index contributed by atoms with van der Waals surface area (Å²) in [5.41, 5.74) is 0.730. The van der Waals surface area contributed by atoms with Gasteiger partial charge in [-0.05, 0) is 51.8 Å². The number of carbonyl (C=O) groups excluding carboxylic acids is 1. The van der Waals surface area contributed by atoms with Crippen LogP contribution in [0.3, 0.4) is 0 Å². The largest absolute Gasteiger partial charge is 0.490 e. The molecular formula is C29H31F4N7O3. The van der Waals surface area contributed by atoms with Crippen molar-refractivity contribution < 1.29 is 31.8 Å². The number of ether oxygens (including phenoxy) is 2. The molecule has 0 unspecified atom stereocenters. The van der Waals surface area contributed by atoms with Crippen molar-refractivity contribution in [2.45, 2.75) is 57.9 Å². The summed E-state index contributed by atoms with van der Waals surface area (Å²) in [4.78, 5) is 26.4. The van der Waals surface area contributed by atoms with Crippen LogP contribution in [-0.2, 0) is 16.8 Å². The van der Waals surface area contributed by atoms with Crippen LogP contribution in [-0.4, -0.2) is 67.5 Å². The number of benzene rings is 1. The van der Waals surface area contributed by atoms with Gasteiger partial charge < -0.3 is 14.8 Å². The number of carbonyl (C=O) groups is 1. The van der Waals surface area contributed by atoms with Crippen molar-refractivity contribution in [3.63, 3.8) is 0 Å². The van der Waals surface area contributed by atoms with E-state index < -0.39 is 24.4 Å². The molecule has 0 saturated carbocycles. The van der Waals surface area contributed by atoms with E-state index in [1.54, 1.807) is 29.1 Å². The normalized spacial score (nSPS) is 15.0. The van der Waals surface area contributed by atoms with Crippen LogP contribution < -0.4 is 14.8 Å². The number of anilines is 1. The van der Waals surface area contributed by atoms with Gasteiger partial charge in [-0.2, -0.15) is 18.3 Å². The topological polar surface area (TPSA) is 107 Å². The smallest absolute Gasteiger partial charge is 0.401 e. The number of hydrogen-bond acceptors (Lipinski definition) is 8. The van der Waals surface area contributed by atoms with Crippen molar-refractivity contribution in [1.29, 1.82) is 0 Å². The Bertz CT molecular complexity index is 1600. The minimum atomic E-state index is -4.23. The first-order valence-corrected chi connectivity index (χ1v) is 13.7. The van der Waals surface area contributed by atoms with Crippen LogP contribution in [0.5, 0.6) is 17.4 Å². The van der Waals surface area contributed by atoms with Crippen LogP contribution in [0.25, 0.3) is 10.9 Å². The van der Waals surface area contributed by atoms with Gasteiger partial charge in [0.25, 0.3) is 0 Å². The van der Waals surface area contributed by atoms with Crippen molar-refractivity contribution in [2.75, 3.05) is 25.0 Å². The van der Waals surface area contributed by atoms with Crippen LogP contribution in [0, 0.1) is 5.82 Å². The number of piperidine rings is 1. The second kappa shape index (κ2) is 12.1. The van der Waals surface area contributed by atoms with Gasteiger partial charge in [-0.25, -0.2) is 14.4 Å². The molecule has 4 heterocycles. The van der Waals surface area contributed by atoms with Crippen LogP contribution in [0.15, 0.2) is 49.2 Å². The molecule has 1 saturated heterocycles. The summed E-state index contributed by atoms with van der Waals surface area (Å²) in [5, 5.41) is 7.42. The molecule has 4 aromatic rings. The Kier molecular flexibility index (Phi) is 8.49. The van der Waals surface area contributed by atoms with E-state index in [4.69, 9.17) is 9.47 Å². The van der Waals surface area contributed by atoms with Crippen LogP contribution >= 0.6 is 0 Å². The van der Waals surface area contributed by atoms with E-state index >= 15 is 0 Å². The second-order valence-corrected chi connectivity index (χ2v) is 11.3. The molecule has 1 aromatic carbocycles. The summed E-state index contributed by atoms with van der Waals surface area (Å²) in [6, 6.07) is 6.23. The summed E-state index contributed by atoms with van der Waals surface area (Å²) in [5.74, 6) is -0.485. The van der Waals surface area contributed by atoms with Crippen molar-refractivity contribution in [2.24, 2.45) is 0 Å². The molecule has 1 fully saturated rings. The standard InChI is InChI=1S/C29H31F4N7O3/c1-28(2,3)40-15-18(13-37-40)38-26(41)12-25-23(30)11-21(14-34-25)43-27-22-10-20(4-5-24(22)35-17-36-27)42-19-6-8-39(9-7-19)16-29(31,32)33/h4-5,10-11,13-15,17,19H,6-9,12,16H2,1-3H3,(H,38,41). The van der Waals surface area contributed by atoms with E-state index in [1.165, 1.54) is 23.6 Å². The lowest BCUT2D eigenvalue weighted by Gasteiger charge is -2.32. The molecule has 1 aliphatic rings. The summed E-state index contributed by atoms with van der Waals surface area (Å²) in [7, 11) is 0. The number of aromatic nitrogens is 5. The first-order chi connectivity index (χ1) is 20.3. The number of nitrogens with zero attached hydrogens (tertiary/aromatic N) is 6. The van der Waals surface area contributed by atoms with Gasteiger partial charge in [0.2, 0.25) is 11.8 Å². The number of nitrogens with one attached hydrogen (secondary N) is 1. The molecule has 0 atom stereocenters. The van der Waals surface area contributed by atoms with Crippen LogP contribution in [0.4, 0.5) is 23.2 Å². The number of halogens is 4.